The average molecular weight is 411 g/mol. The molecule has 1 aromatic carbocycles. The number of hydrogen-bond acceptors (Lipinski definition) is 4. The lowest BCUT2D eigenvalue weighted by atomic mass is 10.1. The first-order chi connectivity index (χ1) is 13.0. The Morgan fingerprint density at radius 1 is 1.33 bits per heavy atom. The lowest BCUT2D eigenvalue weighted by molar-refractivity contribution is 0.0695. The first-order valence-electron chi connectivity index (χ1n) is 9.12. The Morgan fingerprint density at radius 2 is 2.04 bits per heavy atom. The van der Waals surface area contributed by atoms with Gasteiger partial charge in [0.15, 0.2) is 0 Å². The van der Waals surface area contributed by atoms with Crippen LogP contribution in [-0.4, -0.2) is 45.9 Å². The molecule has 27 heavy (non-hydrogen) atoms. The molecule has 0 atom stereocenters. The third-order valence-corrected chi connectivity index (χ3v) is 6.74. The van der Waals surface area contributed by atoms with Crippen LogP contribution in [0.5, 0.6) is 0 Å². The van der Waals surface area contributed by atoms with Gasteiger partial charge in [-0.1, -0.05) is 11.6 Å². The van der Waals surface area contributed by atoms with Crippen molar-refractivity contribution < 1.29 is 14.3 Å². The molecule has 2 fully saturated rings. The molecule has 4 rings (SSSR count). The fourth-order valence-corrected chi connectivity index (χ4v) is 5.06. The van der Waals surface area contributed by atoms with Crippen molar-refractivity contribution in [1.29, 1.82) is 0 Å². The Labute approximate surface area is 165 Å². The second-order valence-corrected chi connectivity index (χ2v) is 8.59. The van der Waals surface area contributed by atoms with Gasteiger partial charge in [0.25, 0.3) is 0 Å². The van der Waals surface area contributed by atoms with Crippen LogP contribution < -0.4 is 5.43 Å². The Morgan fingerprint density at radius 3 is 2.67 bits per heavy atom. The van der Waals surface area contributed by atoms with Gasteiger partial charge in [-0.05, 0) is 44.8 Å². The van der Waals surface area contributed by atoms with Crippen LogP contribution in [0.4, 0.5) is 4.39 Å². The van der Waals surface area contributed by atoms with Gasteiger partial charge in [0.1, 0.15) is 11.4 Å². The zero-order chi connectivity index (χ0) is 19.1. The summed E-state index contributed by atoms with van der Waals surface area (Å²) in [6.07, 6.45) is 5.54. The highest BCUT2D eigenvalue weighted by atomic mass is 35.5. The predicted molar refractivity (Wildman–Crippen MR) is 105 cm³/mol. The summed E-state index contributed by atoms with van der Waals surface area (Å²) >= 11 is 7.89. The van der Waals surface area contributed by atoms with E-state index in [1.54, 1.807) is 4.57 Å². The highest BCUT2D eigenvalue weighted by Gasteiger charge is 2.29. The van der Waals surface area contributed by atoms with Gasteiger partial charge in [-0.15, -0.1) is 11.8 Å². The minimum Gasteiger partial charge on any atom is -0.477 e. The van der Waals surface area contributed by atoms with Gasteiger partial charge >= 0.3 is 5.97 Å². The number of rotatable bonds is 6. The smallest absolute Gasteiger partial charge is 0.341 e. The quantitative estimate of drug-likeness (QED) is 0.729. The van der Waals surface area contributed by atoms with Crippen LogP contribution in [0, 0.1) is 5.82 Å². The summed E-state index contributed by atoms with van der Waals surface area (Å²) in [6, 6.07) is 1.25. The fourth-order valence-electron chi connectivity index (χ4n) is 3.63. The van der Waals surface area contributed by atoms with Crippen molar-refractivity contribution in [3.05, 3.63) is 38.9 Å². The lowest BCUT2D eigenvalue weighted by Crippen LogP contribution is -2.22. The average Bonchev–Trinajstić information content (AvgIpc) is 3.34. The van der Waals surface area contributed by atoms with Crippen LogP contribution in [-0.2, 0) is 0 Å². The van der Waals surface area contributed by atoms with E-state index in [1.807, 2.05) is 0 Å². The van der Waals surface area contributed by atoms with Crippen LogP contribution in [0.3, 0.4) is 0 Å². The normalized spacial score (nSPS) is 17.7. The van der Waals surface area contributed by atoms with E-state index in [2.05, 4.69) is 4.90 Å². The number of halogens is 2. The molecule has 0 bridgehead atoms. The maximum absolute atomic E-state index is 14.7. The fraction of sp³-hybridized carbons (Fsp3) is 0.474. The minimum atomic E-state index is -1.31. The van der Waals surface area contributed by atoms with E-state index in [0.717, 1.165) is 38.5 Å². The summed E-state index contributed by atoms with van der Waals surface area (Å²) in [5, 5.41) is 9.56. The van der Waals surface area contributed by atoms with Crippen LogP contribution in [0.15, 0.2) is 22.0 Å². The zero-order valence-electron chi connectivity index (χ0n) is 14.7. The number of aromatic carboxylic acids is 1. The second-order valence-electron chi connectivity index (χ2n) is 7.11. The van der Waals surface area contributed by atoms with E-state index in [0.29, 0.717) is 16.2 Å². The molecule has 1 saturated carbocycles. The standard InChI is InChI=1S/C19H20ClFN2O3S/c20-15-16-12(17(24)13(19(25)26)10-23(16)11-3-4-11)9-14(21)18(15)27-8-7-22-5-1-2-6-22/h9-11H,1-8H2,(H,25,26). The first kappa shape index (κ1) is 18.8. The summed E-state index contributed by atoms with van der Waals surface area (Å²) in [7, 11) is 0. The molecule has 2 aromatic rings. The Bertz CT molecular complexity index is 968. The van der Waals surface area contributed by atoms with E-state index in [-0.39, 0.29) is 22.0 Å². The van der Waals surface area contributed by atoms with E-state index in [9.17, 15) is 19.1 Å². The number of likely N-dealkylation sites (tertiary alicyclic amines) is 1. The molecule has 0 spiro atoms. The topological polar surface area (TPSA) is 62.5 Å². The molecule has 0 amide bonds. The summed E-state index contributed by atoms with van der Waals surface area (Å²) in [6.45, 7) is 3.02. The van der Waals surface area contributed by atoms with Gasteiger partial charge < -0.3 is 14.6 Å². The largest absolute Gasteiger partial charge is 0.477 e. The summed E-state index contributed by atoms with van der Waals surface area (Å²) in [5.41, 5.74) is -0.595. The van der Waals surface area contributed by atoms with E-state index >= 15 is 0 Å². The van der Waals surface area contributed by atoms with Gasteiger partial charge in [-0.2, -0.15) is 0 Å². The summed E-state index contributed by atoms with van der Waals surface area (Å²) in [5.74, 6) is -1.17. The number of fused-ring (bicyclic) bond motifs is 1. The molecule has 5 nitrogen and oxygen atoms in total. The number of pyridine rings is 1. The molecule has 2 aliphatic rings. The first-order valence-corrected chi connectivity index (χ1v) is 10.5. The van der Waals surface area contributed by atoms with Crippen LogP contribution in [0.2, 0.25) is 5.02 Å². The van der Waals surface area contributed by atoms with E-state index < -0.39 is 17.2 Å². The molecule has 2 heterocycles. The molecule has 1 saturated heterocycles. The molecule has 8 heteroatoms. The third kappa shape index (κ3) is 3.60. The summed E-state index contributed by atoms with van der Waals surface area (Å²) < 4.78 is 16.5. The highest BCUT2D eigenvalue weighted by Crippen LogP contribution is 2.42. The maximum atomic E-state index is 14.7. The Kier molecular flexibility index (Phi) is 5.18. The number of aromatic nitrogens is 1. The number of thioether (sulfide) groups is 1. The molecule has 1 aliphatic carbocycles. The van der Waals surface area contributed by atoms with Crippen molar-refractivity contribution >= 4 is 40.2 Å². The Balaban J connectivity index is 1.75. The van der Waals surface area contributed by atoms with Gasteiger partial charge in [-0.3, -0.25) is 4.79 Å². The number of carboxylic acid groups (broad SMARTS) is 1. The molecule has 1 aliphatic heterocycles. The summed E-state index contributed by atoms with van der Waals surface area (Å²) in [4.78, 5) is 26.6. The number of benzene rings is 1. The van der Waals surface area contributed by atoms with Gasteiger partial charge in [0.05, 0.1) is 20.8 Å². The van der Waals surface area contributed by atoms with Crippen molar-refractivity contribution in [2.24, 2.45) is 0 Å². The highest BCUT2D eigenvalue weighted by molar-refractivity contribution is 7.99. The monoisotopic (exact) mass is 410 g/mol. The lowest BCUT2D eigenvalue weighted by Gasteiger charge is -2.17. The van der Waals surface area contributed by atoms with Crippen molar-refractivity contribution in [1.82, 2.24) is 9.47 Å². The zero-order valence-corrected chi connectivity index (χ0v) is 16.3. The van der Waals surface area contributed by atoms with E-state index in [4.69, 9.17) is 11.6 Å². The number of hydrogen-bond donors (Lipinski definition) is 1. The third-order valence-electron chi connectivity index (χ3n) is 5.19. The van der Waals surface area contributed by atoms with Gasteiger partial charge in [0, 0.05) is 24.5 Å². The number of carboxylic acids is 1. The second kappa shape index (κ2) is 7.45. The van der Waals surface area contributed by atoms with Gasteiger partial charge in [-0.25, -0.2) is 9.18 Å². The maximum Gasteiger partial charge on any atom is 0.341 e. The molecule has 1 aromatic heterocycles. The van der Waals surface area contributed by atoms with Crippen molar-refractivity contribution in [3.63, 3.8) is 0 Å². The van der Waals surface area contributed by atoms with Crippen LogP contribution >= 0.6 is 23.4 Å². The van der Waals surface area contributed by atoms with E-state index in [1.165, 1.54) is 30.8 Å². The number of nitrogens with zero attached hydrogens (tertiary/aromatic N) is 2. The minimum absolute atomic E-state index is 0.0354. The van der Waals surface area contributed by atoms with Crippen LogP contribution in [0.1, 0.15) is 42.1 Å². The number of carbonyl (C=O) groups is 1. The SMILES string of the molecule is O=C(O)c1cn(C2CC2)c2c(Cl)c(SCCN3CCCC3)c(F)cc2c1=O. The van der Waals surface area contributed by atoms with Crippen LogP contribution in [0.25, 0.3) is 10.9 Å². The van der Waals surface area contributed by atoms with Crippen molar-refractivity contribution in [2.45, 2.75) is 36.6 Å². The predicted octanol–water partition coefficient (Wildman–Crippen LogP) is 4.02. The molecule has 144 valence electrons. The molecular weight excluding hydrogens is 391 g/mol. The van der Waals surface area contributed by atoms with Gasteiger partial charge in [0.2, 0.25) is 5.43 Å². The van der Waals surface area contributed by atoms with Crippen molar-refractivity contribution in [3.8, 4) is 0 Å². The molecule has 0 radical (unpaired) electrons. The molecule has 1 N–H and O–H groups in total. The van der Waals surface area contributed by atoms with Crippen molar-refractivity contribution in [2.75, 3.05) is 25.4 Å². The molecular formula is C19H20ClFN2O3S. The molecule has 0 unspecified atom stereocenters. The Hall–Kier alpha value is -1.57.